The Hall–Kier alpha value is -2.54. The third-order valence-corrected chi connectivity index (χ3v) is 4.65. The van der Waals surface area contributed by atoms with Crippen LogP contribution in [0.15, 0.2) is 27.8 Å². The second-order valence-corrected chi connectivity index (χ2v) is 6.05. The first-order chi connectivity index (χ1) is 11.0. The highest BCUT2D eigenvalue weighted by molar-refractivity contribution is 6.31. The third-order valence-electron chi connectivity index (χ3n) is 4.24. The Balaban J connectivity index is 1.95. The van der Waals surface area contributed by atoms with Crippen molar-refractivity contribution >= 4 is 34.4 Å². The molecular weight excluding hydrogens is 318 g/mol. The van der Waals surface area contributed by atoms with Gasteiger partial charge in [0.1, 0.15) is 0 Å². The Morgan fingerprint density at radius 2 is 2.04 bits per heavy atom. The fourth-order valence-corrected chi connectivity index (χ4v) is 3.11. The van der Waals surface area contributed by atoms with Crippen molar-refractivity contribution in [3.63, 3.8) is 0 Å². The molecule has 0 amide bonds. The summed E-state index contributed by atoms with van der Waals surface area (Å²) in [6.45, 7) is 3.26. The lowest BCUT2D eigenvalue weighted by molar-refractivity contribution is 0.797. The Morgan fingerprint density at radius 1 is 1.26 bits per heavy atom. The Labute approximate surface area is 135 Å². The summed E-state index contributed by atoms with van der Waals surface area (Å²) in [6.07, 6.45) is 0. The molecule has 0 aliphatic carbocycles. The topological polar surface area (TPSA) is 75.9 Å². The molecule has 1 aromatic carbocycles. The number of halogens is 1. The van der Waals surface area contributed by atoms with Gasteiger partial charge in [0, 0.05) is 30.8 Å². The second kappa shape index (κ2) is 4.73. The van der Waals surface area contributed by atoms with E-state index in [9.17, 15) is 9.59 Å². The average Bonchev–Trinajstić information content (AvgIpc) is 3.06. The zero-order valence-electron chi connectivity index (χ0n) is 12.6. The summed E-state index contributed by atoms with van der Waals surface area (Å²) in [6, 6.07) is 5.81. The van der Waals surface area contributed by atoms with Crippen molar-refractivity contribution in [1.29, 1.82) is 0 Å². The van der Waals surface area contributed by atoms with Crippen LogP contribution in [0.3, 0.4) is 0 Å². The molecular formula is C15H14ClN5O2. The molecule has 3 heterocycles. The lowest BCUT2D eigenvalue weighted by atomic mass is 10.2. The molecule has 8 heteroatoms. The van der Waals surface area contributed by atoms with E-state index < -0.39 is 11.2 Å². The van der Waals surface area contributed by atoms with Gasteiger partial charge in [-0.1, -0.05) is 17.7 Å². The van der Waals surface area contributed by atoms with E-state index in [1.54, 1.807) is 7.05 Å². The van der Waals surface area contributed by atoms with Crippen LogP contribution in [0.25, 0.3) is 11.2 Å². The predicted octanol–water partition coefficient (Wildman–Crippen LogP) is 1.54. The minimum Gasteiger partial charge on any atom is -0.310 e. The molecule has 0 saturated carbocycles. The Morgan fingerprint density at radius 3 is 2.78 bits per heavy atom. The molecule has 0 saturated heterocycles. The number of nitrogens with one attached hydrogen (secondary N) is 1. The van der Waals surface area contributed by atoms with Crippen LogP contribution in [0.2, 0.25) is 5.02 Å². The molecule has 7 nitrogen and oxygen atoms in total. The quantitative estimate of drug-likeness (QED) is 0.734. The normalized spacial score (nSPS) is 13.8. The molecule has 3 aromatic rings. The maximum absolute atomic E-state index is 12.1. The lowest BCUT2D eigenvalue weighted by Crippen LogP contribution is -2.29. The number of benzene rings is 1. The fraction of sp³-hybridized carbons (Fsp3) is 0.267. The van der Waals surface area contributed by atoms with Gasteiger partial charge in [-0.15, -0.1) is 0 Å². The number of aromatic nitrogens is 4. The van der Waals surface area contributed by atoms with Crippen molar-refractivity contribution in [2.24, 2.45) is 7.05 Å². The summed E-state index contributed by atoms with van der Waals surface area (Å²) in [4.78, 5) is 32.7. The largest absolute Gasteiger partial charge is 0.329 e. The zero-order chi connectivity index (χ0) is 16.3. The van der Waals surface area contributed by atoms with E-state index >= 15 is 0 Å². The Bertz CT molecular complexity index is 1060. The standard InChI is InChI=1S/C15H14ClN5O2/c1-8-3-4-9(7-10(8)16)20-5-6-21-11-12(17-14(20)21)19(2)15(23)18-13(11)22/h3-4,7H,5-6H2,1-2H3,(H,18,22,23). The van der Waals surface area contributed by atoms with Gasteiger partial charge in [-0.3, -0.25) is 14.3 Å². The van der Waals surface area contributed by atoms with Gasteiger partial charge in [0.05, 0.1) is 0 Å². The summed E-state index contributed by atoms with van der Waals surface area (Å²) in [7, 11) is 1.59. The van der Waals surface area contributed by atoms with Gasteiger partial charge in [-0.25, -0.2) is 4.79 Å². The summed E-state index contributed by atoms with van der Waals surface area (Å²) in [5.41, 5.74) is 1.84. The van der Waals surface area contributed by atoms with Gasteiger partial charge in [-0.05, 0) is 24.6 Å². The molecule has 1 aliphatic rings. The number of anilines is 2. The van der Waals surface area contributed by atoms with E-state index in [4.69, 9.17) is 11.6 Å². The van der Waals surface area contributed by atoms with Crippen LogP contribution < -0.4 is 16.1 Å². The molecule has 1 aliphatic heterocycles. The Kier molecular flexibility index (Phi) is 2.89. The summed E-state index contributed by atoms with van der Waals surface area (Å²) in [5.74, 6) is 0.645. The van der Waals surface area contributed by atoms with Crippen molar-refractivity contribution in [2.45, 2.75) is 13.5 Å². The molecule has 0 unspecified atom stereocenters. The van der Waals surface area contributed by atoms with Crippen molar-refractivity contribution in [2.75, 3.05) is 11.4 Å². The molecule has 0 bridgehead atoms. The second-order valence-electron chi connectivity index (χ2n) is 5.64. The molecule has 0 radical (unpaired) electrons. The SMILES string of the molecule is Cc1ccc(N2CCn3c2nc2c3c(=O)[nH]c(=O)n2C)cc1Cl. The smallest absolute Gasteiger partial charge is 0.310 e. The summed E-state index contributed by atoms with van der Waals surface area (Å²) >= 11 is 6.21. The van der Waals surface area contributed by atoms with Gasteiger partial charge in [-0.2, -0.15) is 4.98 Å². The summed E-state index contributed by atoms with van der Waals surface area (Å²) in [5, 5.41) is 0.683. The maximum Gasteiger partial charge on any atom is 0.329 e. The molecule has 23 heavy (non-hydrogen) atoms. The van der Waals surface area contributed by atoms with Gasteiger partial charge in [0.25, 0.3) is 5.56 Å². The molecule has 0 spiro atoms. The van der Waals surface area contributed by atoms with Gasteiger partial charge >= 0.3 is 5.69 Å². The third kappa shape index (κ3) is 1.93. The van der Waals surface area contributed by atoms with Crippen LogP contribution in [-0.2, 0) is 13.6 Å². The van der Waals surface area contributed by atoms with E-state index in [2.05, 4.69) is 9.97 Å². The van der Waals surface area contributed by atoms with Gasteiger partial charge < -0.3 is 9.47 Å². The number of aryl methyl sites for hydroxylation is 2. The van der Waals surface area contributed by atoms with Crippen LogP contribution in [0.4, 0.5) is 11.6 Å². The first-order valence-electron chi connectivity index (χ1n) is 7.20. The average molecular weight is 332 g/mol. The van der Waals surface area contributed by atoms with Gasteiger partial charge in [0.15, 0.2) is 11.2 Å². The minimum atomic E-state index is -0.468. The van der Waals surface area contributed by atoms with Crippen LogP contribution in [0.1, 0.15) is 5.56 Å². The number of rotatable bonds is 1. The van der Waals surface area contributed by atoms with Crippen molar-refractivity contribution in [3.05, 3.63) is 49.6 Å². The molecule has 0 fully saturated rings. The maximum atomic E-state index is 12.1. The van der Waals surface area contributed by atoms with Crippen LogP contribution in [0.5, 0.6) is 0 Å². The highest BCUT2D eigenvalue weighted by atomic mass is 35.5. The number of imidazole rings is 1. The lowest BCUT2D eigenvalue weighted by Gasteiger charge is -2.16. The molecule has 118 valence electrons. The first-order valence-corrected chi connectivity index (χ1v) is 7.58. The molecule has 0 atom stereocenters. The first kappa shape index (κ1) is 14.1. The van der Waals surface area contributed by atoms with E-state index in [1.807, 2.05) is 34.6 Å². The van der Waals surface area contributed by atoms with Gasteiger partial charge in [0.2, 0.25) is 5.95 Å². The van der Waals surface area contributed by atoms with Crippen molar-refractivity contribution in [1.82, 2.24) is 19.1 Å². The number of aromatic amines is 1. The van der Waals surface area contributed by atoms with E-state index in [-0.39, 0.29) is 0 Å². The predicted molar refractivity (Wildman–Crippen MR) is 88.8 cm³/mol. The minimum absolute atomic E-state index is 0.386. The van der Waals surface area contributed by atoms with Crippen LogP contribution in [-0.4, -0.2) is 25.6 Å². The van der Waals surface area contributed by atoms with E-state index in [1.165, 1.54) is 4.57 Å². The fourth-order valence-electron chi connectivity index (χ4n) is 2.94. The van der Waals surface area contributed by atoms with Crippen LogP contribution in [0, 0.1) is 6.92 Å². The number of fused-ring (bicyclic) bond motifs is 3. The monoisotopic (exact) mass is 331 g/mol. The van der Waals surface area contributed by atoms with Crippen molar-refractivity contribution < 1.29 is 0 Å². The molecule has 2 aromatic heterocycles. The highest BCUT2D eigenvalue weighted by Gasteiger charge is 2.27. The van der Waals surface area contributed by atoms with Crippen molar-refractivity contribution in [3.8, 4) is 0 Å². The zero-order valence-corrected chi connectivity index (χ0v) is 13.4. The number of hydrogen-bond donors (Lipinski definition) is 1. The number of hydrogen-bond acceptors (Lipinski definition) is 4. The highest BCUT2D eigenvalue weighted by Crippen LogP contribution is 2.33. The molecule has 4 rings (SSSR count). The van der Waals surface area contributed by atoms with E-state index in [0.717, 1.165) is 11.3 Å². The number of H-pyrrole nitrogens is 1. The molecule has 1 N–H and O–H groups in total. The number of nitrogens with zero attached hydrogens (tertiary/aromatic N) is 4. The van der Waals surface area contributed by atoms with Crippen LogP contribution >= 0.6 is 11.6 Å². The summed E-state index contributed by atoms with van der Waals surface area (Å²) < 4.78 is 3.18. The van der Waals surface area contributed by atoms with E-state index in [0.29, 0.717) is 35.2 Å².